The van der Waals surface area contributed by atoms with Gasteiger partial charge >= 0.3 is 0 Å². The zero-order valence-electron chi connectivity index (χ0n) is 7.79. The van der Waals surface area contributed by atoms with Gasteiger partial charge in [0.25, 0.3) is 5.91 Å². The Labute approximate surface area is 73.4 Å². The van der Waals surface area contributed by atoms with Gasteiger partial charge in [-0.05, 0) is 12.3 Å². The Morgan fingerprint density at radius 3 is 2.50 bits per heavy atom. The maximum atomic E-state index is 11.2. The minimum atomic E-state index is -0.773. The highest BCUT2D eigenvalue weighted by molar-refractivity contribution is 5.80. The number of aliphatic hydroxyl groups excluding tert-OH is 1. The van der Waals surface area contributed by atoms with Gasteiger partial charge < -0.3 is 10.0 Å². The molecule has 3 nitrogen and oxygen atoms in total. The van der Waals surface area contributed by atoms with Gasteiger partial charge in [0.2, 0.25) is 0 Å². The summed E-state index contributed by atoms with van der Waals surface area (Å²) >= 11 is 0. The molecule has 0 unspecified atom stereocenters. The minimum Gasteiger partial charge on any atom is -0.383 e. The van der Waals surface area contributed by atoms with Crippen LogP contribution in [-0.2, 0) is 4.79 Å². The molecule has 0 aromatic carbocycles. The fourth-order valence-corrected chi connectivity index (χ4v) is 1.44. The fraction of sp³-hybridized carbons (Fsp3) is 0.889. The Balaban J connectivity index is 2.26. The van der Waals surface area contributed by atoms with Gasteiger partial charge in [-0.1, -0.05) is 19.3 Å². The van der Waals surface area contributed by atoms with E-state index < -0.39 is 6.10 Å². The number of carbonyl (C=O) groups excluding carboxylic acids is 1. The predicted octanol–water partition coefficient (Wildman–Crippen LogP) is 0.626. The predicted molar refractivity (Wildman–Crippen MR) is 46.7 cm³/mol. The average Bonchev–Trinajstić information content (AvgIpc) is 1.94. The molecule has 0 bridgehead atoms. The molecule has 0 aromatic heterocycles. The van der Waals surface area contributed by atoms with Gasteiger partial charge in [-0.2, -0.15) is 0 Å². The van der Waals surface area contributed by atoms with Crippen LogP contribution in [0, 0.1) is 5.92 Å². The summed E-state index contributed by atoms with van der Waals surface area (Å²) in [6, 6.07) is 0. The number of aliphatic hydroxyl groups is 1. The SMILES string of the molecule is CN(C)C(=O)[C@@H](O)CC1CCC1. The second-order valence-electron chi connectivity index (χ2n) is 3.78. The summed E-state index contributed by atoms with van der Waals surface area (Å²) in [6.07, 6.45) is 3.49. The van der Waals surface area contributed by atoms with Gasteiger partial charge in [-0.15, -0.1) is 0 Å². The van der Waals surface area contributed by atoms with Crippen molar-refractivity contribution < 1.29 is 9.90 Å². The van der Waals surface area contributed by atoms with E-state index in [0.29, 0.717) is 12.3 Å². The van der Waals surface area contributed by atoms with Crippen LogP contribution in [0.2, 0.25) is 0 Å². The largest absolute Gasteiger partial charge is 0.383 e. The Morgan fingerprint density at radius 1 is 1.58 bits per heavy atom. The molecule has 1 fully saturated rings. The molecule has 1 aliphatic rings. The first kappa shape index (κ1) is 9.52. The van der Waals surface area contributed by atoms with Gasteiger partial charge in [-0.3, -0.25) is 4.79 Å². The third-order valence-electron chi connectivity index (χ3n) is 2.51. The third-order valence-corrected chi connectivity index (χ3v) is 2.51. The summed E-state index contributed by atoms with van der Waals surface area (Å²) in [5.74, 6) is 0.422. The highest BCUT2D eigenvalue weighted by atomic mass is 16.3. The van der Waals surface area contributed by atoms with Crippen LogP contribution in [-0.4, -0.2) is 36.1 Å². The van der Waals surface area contributed by atoms with Crippen LogP contribution < -0.4 is 0 Å². The fourth-order valence-electron chi connectivity index (χ4n) is 1.44. The molecule has 0 spiro atoms. The van der Waals surface area contributed by atoms with Crippen molar-refractivity contribution in [3.63, 3.8) is 0 Å². The second-order valence-corrected chi connectivity index (χ2v) is 3.78. The summed E-state index contributed by atoms with van der Waals surface area (Å²) in [5, 5.41) is 9.43. The van der Waals surface area contributed by atoms with Crippen LogP contribution in [0.5, 0.6) is 0 Å². The first-order valence-electron chi connectivity index (χ1n) is 4.50. The zero-order valence-corrected chi connectivity index (χ0v) is 7.79. The van der Waals surface area contributed by atoms with Crippen LogP contribution in [0.25, 0.3) is 0 Å². The monoisotopic (exact) mass is 171 g/mol. The average molecular weight is 171 g/mol. The van der Waals surface area contributed by atoms with Crippen LogP contribution >= 0.6 is 0 Å². The number of rotatable bonds is 3. The van der Waals surface area contributed by atoms with Crippen LogP contribution in [0.15, 0.2) is 0 Å². The maximum Gasteiger partial charge on any atom is 0.250 e. The molecule has 0 aliphatic heterocycles. The van der Waals surface area contributed by atoms with E-state index in [9.17, 15) is 9.90 Å². The van der Waals surface area contributed by atoms with Crippen LogP contribution in [0.3, 0.4) is 0 Å². The molecule has 1 N–H and O–H groups in total. The van der Waals surface area contributed by atoms with Crippen LogP contribution in [0.4, 0.5) is 0 Å². The zero-order chi connectivity index (χ0) is 9.14. The van der Waals surface area contributed by atoms with Crippen molar-refractivity contribution >= 4 is 5.91 Å². The molecular weight excluding hydrogens is 154 g/mol. The summed E-state index contributed by atoms with van der Waals surface area (Å²) < 4.78 is 0. The normalized spacial score (nSPS) is 19.9. The summed E-state index contributed by atoms with van der Waals surface area (Å²) in [4.78, 5) is 12.6. The topological polar surface area (TPSA) is 40.5 Å². The smallest absolute Gasteiger partial charge is 0.250 e. The third kappa shape index (κ3) is 2.21. The highest BCUT2D eigenvalue weighted by Crippen LogP contribution is 2.30. The lowest BCUT2D eigenvalue weighted by atomic mass is 9.81. The summed E-state index contributed by atoms with van der Waals surface area (Å²) in [6.45, 7) is 0. The van der Waals surface area contributed by atoms with E-state index in [-0.39, 0.29) is 5.91 Å². The summed E-state index contributed by atoms with van der Waals surface area (Å²) in [5.41, 5.74) is 0. The number of likely N-dealkylation sites (N-methyl/N-ethyl adjacent to an activating group) is 1. The quantitative estimate of drug-likeness (QED) is 0.676. The van der Waals surface area contributed by atoms with E-state index in [2.05, 4.69) is 0 Å². The number of hydrogen-bond acceptors (Lipinski definition) is 2. The van der Waals surface area contributed by atoms with Crippen molar-refractivity contribution in [2.75, 3.05) is 14.1 Å². The lowest BCUT2D eigenvalue weighted by Gasteiger charge is -2.27. The minimum absolute atomic E-state index is 0.165. The van der Waals surface area contributed by atoms with E-state index in [1.54, 1.807) is 14.1 Å². The van der Waals surface area contributed by atoms with E-state index in [0.717, 1.165) is 0 Å². The lowest BCUT2D eigenvalue weighted by molar-refractivity contribution is -0.138. The van der Waals surface area contributed by atoms with Gasteiger partial charge in [0, 0.05) is 14.1 Å². The van der Waals surface area contributed by atoms with Crippen molar-refractivity contribution in [1.82, 2.24) is 4.90 Å². The van der Waals surface area contributed by atoms with Gasteiger partial charge in [-0.25, -0.2) is 0 Å². The highest BCUT2D eigenvalue weighted by Gasteiger charge is 2.25. The molecule has 1 amide bonds. The molecule has 1 saturated carbocycles. The molecule has 1 atom stereocenters. The summed E-state index contributed by atoms with van der Waals surface area (Å²) in [7, 11) is 3.35. The van der Waals surface area contributed by atoms with E-state index in [1.165, 1.54) is 24.2 Å². The van der Waals surface area contributed by atoms with E-state index in [4.69, 9.17) is 0 Å². The van der Waals surface area contributed by atoms with Crippen LogP contribution in [0.1, 0.15) is 25.7 Å². The van der Waals surface area contributed by atoms with Gasteiger partial charge in [0.15, 0.2) is 0 Å². The van der Waals surface area contributed by atoms with E-state index >= 15 is 0 Å². The lowest BCUT2D eigenvalue weighted by Crippen LogP contribution is -2.35. The Kier molecular flexibility index (Phi) is 3.09. The maximum absolute atomic E-state index is 11.2. The van der Waals surface area contributed by atoms with E-state index in [1.807, 2.05) is 0 Å². The number of carbonyl (C=O) groups is 1. The van der Waals surface area contributed by atoms with Gasteiger partial charge in [0.1, 0.15) is 6.10 Å². The van der Waals surface area contributed by atoms with Crippen molar-refractivity contribution in [2.24, 2.45) is 5.92 Å². The first-order valence-corrected chi connectivity index (χ1v) is 4.50. The number of nitrogens with zero attached hydrogens (tertiary/aromatic N) is 1. The molecule has 0 saturated heterocycles. The van der Waals surface area contributed by atoms with Crippen molar-refractivity contribution in [3.8, 4) is 0 Å². The Bertz CT molecular complexity index is 164. The first-order chi connectivity index (χ1) is 5.61. The number of hydrogen-bond donors (Lipinski definition) is 1. The second kappa shape index (κ2) is 3.90. The molecule has 1 aliphatic carbocycles. The molecule has 70 valence electrons. The molecule has 0 aromatic rings. The van der Waals surface area contributed by atoms with Crippen molar-refractivity contribution in [1.29, 1.82) is 0 Å². The molecule has 0 heterocycles. The molecule has 3 heteroatoms. The molecule has 1 rings (SSSR count). The molecule has 0 radical (unpaired) electrons. The molecular formula is C9H17NO2. The molecule has 12 heavy (non-hydrogen) atoms. The van der Waals surface area contributed by atoms with Crippen molar-refractivity contribution in [3.05, 3.63) is 0 Å². The standard InChI is InChI=1S/C9H17NO2/c1-10(2)9(12)8(11)6-7-4-3-5-7/h7-8,11H,3-6H2,1-2H3/t8-/m0/s1. The number of amides is 1. The Hall–Kier alpha value is -0.570. The van der Waals surface area contributed by atoms with Gasteiger partial charge in [0.05, 0.1) is 0 Å². The van der Waals surface area contributed by atoms with Crippen molar-refractivity contribution in [2.45, 2.75) is 31.8 Å². The Morgan fingerprint density at radius 2 is 2.17 bits per heavy atom.